The fraction of sp³-hybridized carbons (Fsp3) is 0.300. The standard InChI is InChI=1S/C20H22N2O3/c1-14-5-3-6-15(11-14)12-19(23)21-16-8-9-17(18(13-16)25-2)22-10-4-7-20(22)24/h3,5-6,8-9,11,13H,4,7,10,12H2,1-2H3,(H,21,23). The predicted octanol–water partition coefficient (Wildman–Crippen LogP) is 3.31. The third-order valence-corrected chi connectivity index (χ3v) is 4.27. The number of hydrogen-bond donors (Lipinski definition) is 1. The molecule has 0 aromatic heterocycles. The first-order valence-electron chi connectivity index (χ1n) is 8.40. The molecule has 5 nitrogen and oxygen atoms in total. The van der Waals surface area contributed by atoms with Crippen LogP contribution in [0.1, 0.15) is 24.0 Å². The zero-order chi connectivity index (χ0) is 17.8. The van der Waals surface area contributed by atoms with E-state index in [9.17, 15) is 9.59 Å². The van der Waals surface area contributed by atoms with Gasteiger partial charge in [0.1, 0.15) is 5.75 Å². The fourth-order valence-corrected chi connectivity index (χ4v) is 3.09. The molecule has 2 aromatic rings. The lowest BCUT2D eigenvalue weighted by Gasteiger charge is -2.19. The predicted molar refractivity (Wildman–Crippen MR) is 98.1 cm³/mol. The number of carbonyl (C=O) groups excluding carboxylic acids is 2. The van der Waals surface area contributed by atoms with Crippen LogP contribution in [-0.4, -0.2) is 25.5 Å². The molecule has 0 bridgehead atoms. The molecule has 2 aromatic carbocycles. The molecule has 130 valence electrons. The number of nitrogens with one attached hydrogen (secondary N) is 1. The van der Waals surface area contributed by atoms with E-state index in [1.165, 1.54) is 0 Å². The van der Waals surface area contributed by atoms with E-state index in [1.54, 1.807) is 24.1 Å². The van der Waals surface area contributed by atoms with Crippen LogP contribution in [0.4, 0.5) is 11.4 Å². The molecule has 0 unspecified atom stereocenters. The number of anilines is 2. The van der Waals surface area contributed by atoms with E-state index >= 15 is 0 Å². The average Bonchev–Trinajstić information content (AvgIpc) is 3.00. The van der Waals surface area contributed by atoms with Gasteiger partial charge in [-0.1, -0.05) is 29.8 Å². The van der Waals surface area contributed by atoms with Crippen molar-refractivity contribution in [2.75, 3.05) is 23.9 Å². The second kappa shape index (κ2) is 7.38. The van der Waals surface area contributed by atoms with Crippen LogP contribution < -0.4 is 15.0 Å². The summed E-state index contributed by atoms with van der Waals surface area (Å²) in [7, 11) is 1.57. The van der Waals surface area contributed by atoms with Crippen molar-refractivity contribution in [1.29, 1.82) is 0 Å². The first-order chi connectivity index (χ1) is 12.1. The van der Waals surface area contributed by atoms with Crippen molar-refractivity contribution in [3.8, 4) is 5.75 Å². The quantitative estimate of drug-likeness (QED) is 0.910. The van der Waals surface area contributed by atoms with Crippen molar-refractivity contribution in [3.63, 3.8) is 0 Å². The Morgan fingerprint density at radius 2 is 2.08 bits per heavy atom. The van der Waals surface area contributed by atoms with Gasteiger partial charge in [0, 0.05) is 24.7 Å². The minimum absolute atomic E-state index is 0.0855. The van der Waals surface area contributed by atoms with Crippen LogP contribution in [-0.2, 0) is 16.0 Å². The highest BCUT2D eigenvalue weighted by molar-refractivity contribution is 5.98. The molecule has 0 aliphatic carbocycles. The van der Waals surface area contributed by atoms with Crippen molar-refractivity contribution in [1.82, 2.24) is 0 Å². The number of nitrogens with zero attached hydrogens (tertiary/aromatic N) is 1. The van der Waals surface area contributed by atoms with Gasteiger partial charge in [-0.05, 0) is 31.0 Å². The molecule has 0 spiro atoms. The molecular formula is C20H22N2O3. The van der Waals surface area contributed by atoms with Gasteiger partial charge in [0.05, 0.1) is 19.2 Å². The Morgan fingerprint density at radius 1 is 1.24 bits per heavy atom. The number of aryl methyl sites for hydroxylation is 1. The van der Waals surface area contributed by atoms with Crippen molar-refractivity contribution in [2.45, 2.75) is 26.2 Å². The van der Waals surface area contributed by atoms with Gasteiger partial charge < -0.3 is 15.0 Å². The maximum Gasteiger partial charge on any atom is 0.228 e. The Bertz CT molecular complexity index is 801. The zero-order valence-corrected chi connectivity index (χ0v) is 14.5. The van der Waals surface area contributed by atoms with E-state index < -0.39 is 0 Å². The molecule has 5 heteroatoms. The molecule has 1 aliphatic heterocycles. The van der Waals surface area contributed by atoms with Gasteiger partial charge in [0.15, 0.2) is 0 Å². The second-order valence-electron chi connectivity index (χ2n) is 6.25. The Morgan fingerprint density at radius 3 is 2.76 bits per heavy atom. The third kappa shape index (κ3) is 3.99. The zero-order valence-electron chi connectivity index (χ0n) is 14.5. The second-order valence-corrected chi connectivity index (χ2v) is 6.25. The summed E-state index contributed by atoms with van der Waals surface area (Å²) >= 11 is 0. The van der Waals surface area contributed by atoms with E-state index in [1.807, 2.05) is 37.3 Å². The molecule has 1 N–H and O–H groups in total. The van der Waals surface area contributed by atoms with Crippen LogP contribution in [0.3, 0.4) is 0 Å². The summed E-state index contributed by atoms with van der Waals surface area (Å²) in [6.45, 7) is 2.71. The minimum Gasteiger partial charge on any atom is -0.494 e. The maximum absolute atomic E-state index is 12.3. The Balaban J connectivity index is 1.72. The molecule has 1 saturated heterocycles. The smallest absolute Gasteiger partial charge is 0.228 e. The van der Waals surface area contributed by atoms with Gasteiger partial charge in [0.2, 0.25) is 11.8 Å². The Labute approximate surface area is 147 Å². The van der Waals surface area contributed by atoms with Gasteiger partial charge >= 0.3 is 0 Å². The highest BCUT2D eigenvalue weighted by Gasteiger charge is 2.24. The molecule has 2 amide bonds. The van der Waals surface area contributed by atoms with E-state index in [2.05, 4.69) is 5.32 Å². The normalized spacial score (nSPS) is 13.8. The molecule has 0 radical (unpaired) electrons. The first kappa shape index (κ1) is 17.0. The highest BCUT2D eigenvalue weighted by atomic mass is 16.5. The van der Waals surface area contributed by atoms with Crippen LogP contribution in [0, 0.1) is 6.92 Å². The Hall–Kier alpha value is -2.82. The monoisotopic (exact) mass is 338 g/mol. The molecular weight excluding hydrogens is 316 g/mol. The molecule has 25 heavy (non-hydrogen) atoms. The van der Waals surface area contributed by atoms with Crippen LogP contribution in [0.25, 0.3) is 0 Å². The van der Waals surface area contributed by atoms with Crippen LogP contribution in [0.15, 0.2) is 42.5 Å². The number of methoxy groups -OCH3 is 1. The lowest BCUT2D eigenvalue weighted by Crippen LogP contribution is -2.24. The van der Waals surface area contributed by atoms with E-state index in [-0.39, 0.29) is 11.8 Å². The minimum atomic E-state index is -0.0855. The van der Waals surface area contributed by atoms with Gasteiger partial charge in [-0.15, -0.1) is 0 Å². The average molecular weight is 338 g/mol. The van der Waals surface area contributed by atoms with Crippen LogP contribution in [0.2, 0.25) is 0 Å². The van der Waals surface area contributed by atoms with Crippen molar-refractivity contribution < 1.29 is 14.3 Å². The number of rotatable bonds is 5. The van der Waals surface area contributed by atoms with E-state index in [0.29, 0.717) is 30.8 Å². The number of benzene rings is 2. The van der Waals surface area contributed by atoms with Gasteiger partial charge in [-0.3, -0.25) is 9.59 Å². The van der Waals surface area contributed by atoms with Gasteiger partial charge in [0.25, 0.3) is 0 Å². The van der Waals surface area contributed by atoms with Crippen molar-refractivity contribution in [3.05, 3.63) is 53.6 Å². The van der Waals surface area contributed by atoms with Crippen molar-refractivity contribution >= 4 is 23.2 Å². The molecule has 0 saturated carbocycles. The lowest BCUT2D eigenvalue weighted by atomic mass is 10.1. The van der Waals surface area contributed by atoms with Crippen LogP contribution in [0.5, 0.6) is 5.75 Å². The number of carbonyl (C=O) groups is 2. The highest BCUT2D eigenvalue weighted by Crippen LogP contribution is 2.33. The van der Waals surface area contributed by atoms with E-state index in [0.717, 1.165) is 23.2 Å². The lowest BCUT2D eigenvalue weighted by molar-refractivity contribution is -0.117. The first-order valence-corrected chi connectivity index (χ1v) is 8.40. The topological polar surface area (TPSA) is 58.6 Å². The summed E-state index contributed by atoms with van der Waals surface area (Å²) in [4.78, 5) is 25.9. The van der Waals surface area contributed by atoms with Crippen LogP contribution >= 0.6 is 0 Å². The number of ether oxygens (including phenoxy) is 1. The summed E-state index contributed by atoms with van der Waals surface area (Å²) in [6.07, 6.45) is 1.74. The van der Waals surface area contributed by atoms with Gasteiger partial charge in [-0.2, -0.15) is 0 Å². The van der Waals surface area contributed by atoms with E-state index in [4.69, 9.17) is 4.74 Å². The molecule has 0 atom stereocenters. The summed E-state index contributed by atoms with van der Waals surface area (Å²) in [6, 6.07) is 13.3. The van der Waals surface area contributed by atoms with Gasteiger partial charge in [-0.25, -0.2) is 0 Å². The molecule has 1 heterocycles. The summed E-state index contributed by atoms with van der Waals surface area (Å²) in [5.41, 5.74) is 3.52. The Kier molecular flexibility index (Phi) is 5.03. The number of amides is 2. The third-order valence-electron chi connectivity index (χ3n) is 4.27. The largest absolute Gasteiger partial charge is 0.494 e. The maximum atomic E-state index is 12.3. The molecule has 1 aliphatic rings. The summed E-state index contributed by atoms with van der Waals surface area (Å²) in [5.74, 6) is 0.607. The summed E-state index contributed by atoms with van der Waals surface area (Å²) in [5, 5.41) is 2.89. The molecule has 3 rings (SSSR count). The SMILES string of the molecule is COc1cc(NC(=O)Cc2cccc(C)c2)ccc1N1CCCC1=O. The fourth-order valence-electron chi connectivity index (χ4n) is 3.09. The van der Waals surface area contributed by atoms with Crippen molar-refractivity contribution in [2.24, 2.45) is 0 Å². The number of hydrogen-bond acceptors (Lipinski definition) is 3. The molecule has 1 fully saturated rings. The summed E-state index contributed by atoms with van der Waals surface area (Å²) < 4.78 is 5.42.